The molecule has 202 valence electrons. The first-order valence-electron chi connectivity index (χ1n) is 12.9. The van der Waals surface area contributed by atoms with E-state index in [0.717, 1.165) is 43.6 Å². The highest BCUT2D eigenvalue weighted by Crippen LogP contribution is 2.21. The van der Waals surface area contributed by atoms with Crippen molar-refractivity contribution in [1.29, 1.82) is 0 Å². The molecule has 4 aromatic rings. The summed E-state index contributed by atoms with van der Waals surface area (Å²) in [6, 6.07) is 13.8. The van der Waals surface area contributed by atoms with Crippen molar-refractivity contribution in [2.24, 2.45) is 0 Å². The Balaban J connectivity index is 1.31. The SMILES string of the molecule is CC(Nc1ncc2ccc(=O)n(Cc3c(F)cccc3F)c2n1)c1ccc(C(=O)NC2CCN(C)CC2)cc1. The molecule has 1 atom stereocenters. The summed E-state index contributed by atoms with van der Waals surface area (Å²) in [7, 11) is 2.08. The Bertz CT molecular complexity index is 1530. The average Bonchev–Trinajstić information content (AvgIpc) is 2.93. The number of nitrogens with zero attached hydrogens (tertiary/aromatic N) is 4. The van der Waals surface area contributed by atoms with Crippen LogP contribution in [-0.2, 0) is 6.54 Å². The van der Waals surface area contributed by atoms with Crippen molar-refractivity contribution >= 4 is 22.9 Å². The zero-order chi connectivity index (χ0) is 27.5. The van der Waals surface area contributed by atoms with Crippen molar-refractivity contribution in [2.45, 2.75) is 38.4 Å². The standard InChI is InChI=1S/C29H30F2N6O2/c1-18(19-6-8-20(9-7-19)28(39)34-22-12-14-36(2)15-13-22)33-29-32-16-21-10-11-26(38)37(27(21)35-29)17-23-24(30)4-3-5-25(23)31/h3-11,16,18,22H,12-15,17H2,1-2H3,(H,34,39)(H,32,33,35). The van der Waals surface area contributed by atoms with E-state index in [9.17, 15) is 18.4 Å². The average molecular weight is 533 g/mol. The number of pyridine rings is 1. The Morgan fingerprint density at radius 1 is 1.05 bits per heavy atom. The lowest BCUT2D eigenvalue weighted by Gasteiger charge is -2.29. The van der Waals surface area contributed by atoms with Gasteiger partial charge in [0.05, 0.1) is 12.6 Å². The first-order chi connectivity index (χ1) is 18.8. The van der Waals surface area contributed by atoms with E-state index in [1.54, 1.807) is 24.4 Å². The summed E-state index contributed by atoms with van der Waals surface area (Å²) in [5.74, 6) is -1.29. The Morgan fingerprint density at radius 2 is 1.74 bits per heavy atom. The van der Waals surface area contributed by atoms with Gasteiger partial charge in [0.2, 0.25) is 5.95 Å². The van der Waals surface area contributed by atoms with Gasteiger partial charge in [0.15, 0.2) is 0 Å². The molecule has 1 fully saturated rings. The highest BCUT2D eigenvalue weighted by Gasteiger charge is 2.19. The minimum Gasteiger partial charge on any atom is -0.349 e. The fraction of sp³-hybridized carbons (Fsp3) is 0.310. The van der Waals surface area contributed by atoms with Gasteiger partial charge in [-0.05, 0) is 75.8 Å². The van der Waals surface area contributed by atoms with Gasteiger partial charge in [0, 0.05) is 34.8 Å². The van der Waals surface area contributed by atoms with Gasteiger partial charge < -0.3 is 15.5 Å². The third-order valence-electron chi connectivity index (χ3n) is 7.17. The lowest BCUT2D eigenvalue weighted by atomic mass is 10.0. The highest BCUT2D eigenvalue weighted by molar-refractivity contribution is 5.94. The molecule has 1 aliphatic heterocycles. The number of carbonyl (C=O) groups excluding carboxylic acids is 1. The number of piperidine rings is 1. The number of fused-ring (bicyclic) bond motifs is 1. The third-order valence-corrected chi connectivity index (χ3v) is 7.17. The topological polar surface area (TPSA) is 92.1 Å². The number of anilines is 1. The van der Waals surface area contributed by atoms with E-state index in [0.29, 0.717) is 10.9 Å². The van der Waals surface area contributed by atoms with Crippen molar-refractivity contribution < 1.29 is 13.6 Å². The van der Waals surface area contributed by atoms with Gasteiger partial charge >= 0.3 is 0 Å². The first-order valence-corrected chi connectivity index (χ1v) is 12.9. The second-order valence-electron chi connectivity index (χ2n) is 9.97. The van der Waals surface area contributed by atoms with Crippen molar-refractivity contribution in [3.63, 3.8) is 0 Å². The zero-order valence-corrected chi connectivity index (χ0v) is 21.8. The van der Waals surface area contributed by atoms with Crippen molar-refractivity contribution in [3.05, 3.63) is 99.5 Å². The van der Waals surface area contributed by atoms with E-state index in [2.05, 4.69) is 32.5 Å². The van der Waals surface area contributed by atoms with Crippen LogP contribution in [0.5, 0.6) is 0 Å². The predicted octanol–water partition coefficient (Wildman–Crippen LogP) is 4.12. The minimum absolute atomic E-state index is 0.0844. The van der Waals surface area contributed by atoms with Crippen LogP contribution < -0.4 is 16.2 Å². The number of nitrogens with one attached hydrogen (secondary N) is 2. The molecule has 0 bridgehead atoms. The van der Waals surface area contributed by atoms with E-state index >= 15 is 0 Å². The fourth-order valence-electron chi connectivity index (χ4n) is 4.76. The lowest BCUT2D eigenvalue weighted by molar-refractivity contribution is 0.0917. The van der Waals surface area contributed by atoms with Gasteiger partial charge in [-0.25, -0.2) is 13.8 Å². The maximum absolute atomic E-state index is 14.3. The van der Waals surface area contributed by atoms with Gasteiger partial charge in [-0.2, -0.15) is 4.98 Å². The number of rotatable bonds is 7. The lowest BCUT2D eigenvalue weighted by Crippen LogP contribution is -2.43. The molecule has 0 spiro atoms. The van der Waals surface area contributed by atoms with Crippen LogP contribution in [0.1, 0.15) is 47.3 Å². The summed E-state index contributed by atoms with van der Waals surface area (Å²) in [6.45, 7) is 3.57. The van der Waals surface area contributed by atoms with Crippen LogP contribution in [0.15, 0.2) is 65.6 Å². The normalized spacial score (nSPS) is 15.3. The molecule has 1 saturated heterocycles. The molecule has 0 radical (unpaired) electrons. The van der Waals surface area contributed by atoms with Crippen LogP contribution in [0.3, 0.4) is 0 Å². The second kappa shape index (κ2) is 11.3. The van der Waals surface area contributed by atoms with E-state index in [4.69, 9.17) is 0 Å². The quantitative estimate of drug-likeness (QED) is 0.372. The maximum Gasteiger partial charge on any atom is 0.252 e. The number of aromatic nitrogens is 3. The van der Waals surface area contributed by atoms with E-state index in [-0.39, 0.29) is 41.7 Å². The number of likely N-dealkylation sites (tertiary alicyclic amines) is 1. The van der Waals surface area contributed by atoms with Crippen LogP contribution in [-0.4, -0.2) is 51.5 Å². The Morgan fingerprint density at radius 3 is 2.44 bits per heavy atom. The number of halogens is 2. The molecule has 39 heavy (non-hydrogen) atoms. The zero-order valence-electron chi connectivity index (χ0n) is 21.8. The largest absolute Gasteiger partial charge is 0.349 e. The molecule has 0 aliphatic carbocycles. The molecule has 1 unspecified atom stereocenters. The molecule has 2 N–H and O–H groups in total. The van der Waals surface area contributed by atoms with E-state index < -0.39 is 17.2 Å². The summed E-state index contributed by atoms with van der Waals surface area (Å²) < 4.78 is 29.8. The van der Waals surface area contributed by atoms with Crippen molar-refractivity contribution in [3.8, 4) is 0 Å². The molecule has 2 aromatic heterocycles. The first kappa shape index (κ1) is 26.4. The number of hydrogen-bond acceptors (Lipinski definition) is 6. The van der Waals surface area contributed by atoms with Crippen molar-refractivity contribution in [1.82, 2.24) is 24.8 Å². The Kier molecular flexibility index (Phi) is 7.65. The van der Waals surface area contributed by atoms with Crippen LogP contribution in [0, 0.1) is 11.6 Å². The predicted molar refractivity (Wildman–Crippen MR) is 146 cm³/mol. The third kappa shape index (κ3) is 5.96. The van der Waals surface area contributed by atoms with Crippen LogP contribution in [0.4, 0.5) is 14.7 Å². The molecule has 0 saturated carbocycles. The number of hydrogen-bond donors (Lipinski definition) is 2. The van der Waals surface area contributed by atoms with Crippen LogP contribution >= 0.6 is 0 Å². The number of benzene rings is 2. The summed E-state index contributed by atoms with van der Waals surface area (Å²) in [5.41, 5.74) is 1.12. The van der Waals surface area contributed by atoms with E-state index in [1.807, 2.05) is 19.1 Å². The summed E-state index contributed by atoms with van der Waals surface area (Å²) in [4.78, 5) is 36.4. The highest BCUT2D eigenvalue weighted by atomic mass is 19.1. The smallest absolute Gasteiger partial charge is 0.252 e. The monoisotopic (exact) mass is 532 g/mol. The summed E-state index contributed by atoms with van der Waals surface area (Å²) in [5, 5.41) is 6.89. The molecule has 2 aromatic carbocycles. The molecular weight excluding hydrogens is 502 g/mol. The maximum atomic E-state index is 14.3. The molecule has 10 heteroatoms. The molecule has 1 amide bonds. The second-order valence-corrected chi connectivity index (χ2v) is 9.97. The van der Waals surface area contributed by atoms with Gasteiger partial charge in [-0.15, -0.1) is 0 Å². The van der Waals surface area contributed by atoms with Gasteiger partial charge in [-0.1, -0.05) is 18.2 Å². The summed E-state index contributed by atoms with van der Waals surface area (Å²) >= 11 is 0. The van der Waals surface area contributed by atoms with Gasteiger partial charge in [0.1, 0.15) is 17.3 Å². The summed E-state index contributed by atoms with van der Waals surface area (Å²) in [6.07, 6.45) is 3.44. The van der Waals surface area contributed by atoms with Crippen LogP contribution in [0.2, 0.25) is 0 Å². The molecular formula is C29H30F2N6O2. The molecule has 3 heterocycles. The van der Waals surface area contributed by atoms with E-state index in [1.165, 1.54) is 16.7 Å². The van der Waals surface area contributed by atoms with Crippen LogP contribution in [0.25, 0.3) is 11.0 Å². The minimum atomic E-state index is -0.733. The number of carbonyl (C=O) groups is 1. The molecule has 8 nitrogen and oxygen atoms in total. The van der Waals surface area contributed by atoms with Gasteiger partial charge in [-0.3, -0.25) is 14.2 Å². The van der Waals surface area contributed by atoms with Crippen molar-refractivity contribution in [2.75, 3.05) is 25.5 Å². The van der Waals surface area contributed by atoms with Gasteiger partial charge in [0.25, 0.3) is 11.5 Å². The Hall–Kier alpha value is -4.18. The Labute approximate surface area is 224 Å². The molecule has 1 aliphatic rings. The molecule has 5 rings (SSSR count). The fourth-order valence-corrected chi connectivity index (χ4v) is 4.76. The number of amides is 1.